The van der Waals surface area contributed by atoms with Gasteiger partial charge < -0.3 is 15.2 Å². The van der Waals surface area contributed by atoms with Gasteiger partial charge >= 0.3 is 0 Å². The van der Waals surface area contributed by atoms with Crippen molar-refractivity contribution in [1.29, 1.82) is 0 Å². The summed E-state index contributed by atoms with van der Waals surface area (Å²) < 4.78 is 6.17. The maximum absolute atomic E-state index is 9.42. The highest BCUT2D eigenvalue weighted by Gasteiger charge is 2.13. The van der Waals surface area contributed by atoms with Crippen LogP contribution in [0.4, 0.5) is 11.5 Å². The van der Waals surface area contributed by atoms with Gasteiger partial charge in [-0.2, -0.15) is 0 Å². The fourth-order valence-corrected chi connectivity index (χ4v) is 2.81. The second-order valence-electron chi connectivity index (χ2n) is 6.60. The summed E-state index contributed by atoms with van der Waals surface area (Å²) in [7, 11) is 0. The lowest BCUT2D eigenvalue weighted by atomic mass is 10.1. The Morgan fingerprint density at radius 1 is 0.897 bits per heavy atom. The average Bonchev–Trinajstić information content (AvgIpc) is 2.73. The predicted molar refractivity (Wildman–Crippen MR) is 113 cm³/mol. The smallest absolute Gasteiger partial charge is 0.155 e. The van der Waals surface area contributed by atoms with Crippen LogP contribution in [0, 0.1) is 13.8 Å². The largest absolute Gasteiger partial charge is 0.508 e. The van der Waals surface area contributed by atoms with Gasteiger partial charge in [0.1, 0.15) is 23.0 Å². The summed E-state index contributed by atoms with van der Waals surface area (Å²) in [6.45, 7) is 3.97. The lowest BCUT2D eigenvalue weighted by Gasteiger charge is -2.13. The first kappa shape index (κ1) is 18.4. The molecule has 0 atom stereocenters. The molecule has 0 saturated heterocycles. The molecule has 4 rings (SSSR count). The number of hydrogen-bond donors (Lipinski definition) is 2. The van der Waals surface area contributed by atoms with Crippen LogP contribution in [-0.2, 0) is 0 Å². The van der Waals surface area contributed by atoms with Crippen LogP contribution in [0.3, 0.4) is 0 Å². The zero-order chi connectivity index (χ0) is 20.2. The van der Waals surface area contributed by atoms with Crippen LogP contribution >= 0.6 is 0 Å². The minimum absolute atomic E-state index is 0.213. The lowest BCUT2D eigenvalue weighted by Crippen LogP contribution is -1.98. The Hall–Kier alpha value is -3.93. The summed E-state index contributed by atoms with van der Waals surface area (Å²) in [5, 5.41) is 12.6. The fraction of sp³-hybridized carbons (Fsp3) is 0.0870. The summed E-state index contributed by atoms with van der Waals surface area (Å²) >= 11 is 0. The van der Waals surface area contributed by atoms with Gasteiger partial charge in [-0.3, -0.25) is 4.98 Å². The number of aromatic nitrogens is 3. The van der Waals surface area contributed by atoms with Crippen molar-refractivity contribution in [3.8, 4) is 28.6 Å². The van der Waals surface area contributed by atoms with E-state index in [4.69, 9.17) is 9.72 Å². The van der Waals surface area contributed by atoms with Crippen LogP contribution in [0.25, 0.3) is 11.4 Å². The van der Waals surface area contributed by atoms with E-state index < -0.39 is 0 Å². The first-order valence-electron chi connectivity index (χ1n) is 9.18. The number of aromatic hydroxyl groups is 1. The molecule has 0 bridgehead atoms. The van der Waals surface area contributed by atoms with Crippen molar-refractivity contribution in [2.45, 2.75) is 13.8 Å². The summed E-state index contributed by atoms with van der Waals surface area (Å²) in [6.07, 6.45) is 3.41. The van der Waals surface area contributed by atoms with E-state index in [1.165, 1.54) is 0 Å². The van der Waals surface area contributed by atoms with Crippen molar-refractivity contribution in [2.75, 3.05) is 5.32 Å². The molecule has 0 amide bonds. The number of nitrogens with one attached hydrogen (secondary N) is 1. The molecule has 0 saturated carbocycles. The number of phenolic OH excluding ortho intramolecular Hbond substituents is 1. The Labute approximate surface area is 168 Å². The molecule has 6 heteroatoms. The van der Waals surface area contributed by atoms with E-state index in [9.17, 15) is 5.11 Å². The Balaban J connectivity index is 1.64. The van der Waals surface area contributed by atoms with Crippen LogP contribution in [-0.4, -0.2) is 20.1 Å². The van der Waals surface area contributed by atoms with Gasteiger partial charge in [0.25, 0.3) is 0 Å². The highest BCUT2D eigenvalue weighted by Crippen LogP contribution is 2.33. The van der Waals surface area contributed by atoms with E-state index in [1.807, 2.05) is 44.2 Å². The Morgan fingerprint density at radius 2 is 1.72 bits per heavy atom. The van der Waals surface area contributed by atoms with Crippen molar-refractivity contribution >= 4 is 11.5 Å². The standard InChI is InChI=1S/C23H20N4O2/c1-15-13-21(23(26-16(15)2)20-5-3-4-11-24-20)29-19-10-12-25-22(14-19)27-17-6-8-18(28)9-7-17/h3-14,28H,1-2H3,(H,25,27). The third-order valence-electron chi connectivity index (χ3n) is 4.44. The van der Waals surface area contributed by atoms with Crippen molar-refractivity contribution in [1.82, 2.24) is 15.0 Å². The highest BCUT2D eigenvalue weighted by molar-refractivity contribution is 5.65. The van der Waals surface area contributed by atoms with Gasteiger partial charge in [-0.1, -0.05) is 6.07 Å². The Morgan fingerprint density at radius 3 is 2.48 bits per heavy atom. The summed E-state index contributed by atoms with van der Waals surface area (Å²) in [5.41, 5.74) is 4.23. The maximum atomic E-state index is 9.42. The SMILES string of the molecule is Cc1cc(Oc2ccnc(Nc3ccc(O)cc3)c2)c(-c2ccccn2)nc1C. The first-order chi connectivity index (χ1) is 14.1. The van der Waals surface area contributed by atoms with E-state index >= 15 is 0 Å². The van der Waals surface area contributed by atoms with Crippen molar-refractivity contribution in [2.24, 2.45) is 0 Å². The van der Waals surface area contributed by atoms with Crippen LogP contribution < -0.4 is 10.1 Å². The molecule has 0 aliphatic heterocycles. The van der Waals surface area contributed by atoms with Gasteiger partial charge in [0.05, 0.1) is 5.69 Å². The number of phenols is 1. The predicted octanol–water partition coefficient (Wildman–Crippen LogP) is 5.40. The molecule has 6 nitrogen and oxygen atoms in total. The lowest BCUT2D eigenvalue weighted by molar-refractivity contribution is 0.475. The number of aryl methyl sites for hydroxylation is 2. The topological polar surface area (TPSA) is 80.2 Å². The summed E-state index contributed by atoms with van der Waals surface area (Å²) in [6, 6.07) is 18.1. The quantitative estimate of drug-likeness (QED) is 0.449. The number of hydrogen-bond acceptors (Lipinski definition) is 6. The van der Waals surface area contributed by atoms with Crippen molar-refractivity contribution < 1.29 is 9.84 Å². The molecule has 1 aromatic carbocycles. The van der Waals surface area contributed by atoms with E-state index in [0.717, 1.165) is 22.6 Å². The molecule has 3 heterocycles. The molecule has 0 radical (unpaired) electrons. The van der Waals surface area contributed by atoms with Gasteiger partial charge in [0.15, 0.2) is 5.75 Å². The molecule has 0 spiro atoms. The van der Waals surface area contributed by atoms with Crippen molar-refractivity contribution in [3.05, 3.63) is 84.3 Å². The molecule has 144 valence electrons. The molecule has 0 unspecified atom stereocenters. The van der Waals surface area contributed by atoms with Crippen LogP contribution in [0.2, 0.25) is 0 Å². The average molecular weight is 384 g/mol. The minimum atomic E-state index is 0.213. The van der Waals surface area contributed by atoms with E-state index in [1.54, 1.807) is 42.7 Å². The monoisotopic (exact) mass is 384 g/mol. The van der Waals surface area contributed by atoms with Crippen LogP contribution in [0.1, 0.15) is 11.3 Å². The van der Waals surface area contributed by atoms with Gasteiger partial charge in [-0.15, -0.1) is 0 Å². The van der Waals surface area contributed by atoms with Crippen molar-refractivity contribution in [3.63, 3.8) is 0 Å². The molecule has 0 aliphatic rings. The second kappa shape index (κ2) is 7.98. The van der Waals surface area contributed by atoms with Gasteiger partial charge in [0.2, 0.25) is 0 Å². The molecular formula is C23H20N4O2. The van der Waals surface area contributed by atoms with E-state index in [2.05, 4.69) is 15.3 Å². The molecule has 2 N–H and O–H groups in total. The number of ether oxygens (including phenoxy) is 1. The second-order valence-corrected chi connectivity index (χ2v) is 6.60. The molecule has 4 aromatic rings. The Kier molecular flexibility index (Phi) is 5.07. The van der Waals surface area contributed by atoms with Crippen LogP contribution in [0.15, 0.2) is 73.1 Å². The van der Waals surface area contributed by atoms with Gasteiger partial charge in [-0.05, 0) is 67.9 Å². The third kappa shape index (κ3) is 4.32. The number of rotatable bonds is 5. The number of pyridine rings is 3. The highest BCUT2D eigenvalue weighted by atomic mass is 16.5. The minimum Gasteiger partial charge on any atom is -0.508 e. The van der Waals surface area contributed by atoms with E-state index in [-0.39, 0.29) is 5.75 Å². The summed E-state index contributed by atoms with van der Waals surface area (Å²) in [5.74, 6) is 2.10. The zero-order valence-corrected chi connectivity index (χ0v) is 16.1. The summed E-state index contributed by atoms with van der Waals surface area (Å²) in [4.78, 5) is 13.4. The normalized spacial score (nSPS) is 10.6. The number of nitrogens with zero attached hydrogens (tertiary/aromatic N) is 3. The van der Waals surface area contributed by atoms with E-state index in [0.29, 0.717) is 23.0 Å². The van der Waals surface area contributed by atoms with Gasteiger partial charge in [-0.25, -0.2) is 9.97 Å². The zero-order valence-electron chi connectivity index (χ0n) is 16.1. The van der Waals surface area contributed by atoms with Gasteiger partial charge in [0, 0.05) is 29.8 Å². The van der Waals surface area contributed by atoms with Crippen LogP contribution in [0.5, 0.6) is 17.2 Å². The molecule has 3 aromatic heterocycles. The molecule has 29 heavy (non-hydrogen) atoms. The molecular weight excluding hydrogens is 364 g/mol. The number of anilines is 2. The molecule has 0 aliphatic carbocycles. The number of benzene rings is 1. The first-order valence-corrected chi connectivity index (χ1v) is 9.18. The Bertz CT molecular complexity index is 1130. The maximum Gasteiger partial charge on any atom is 0.155 e. The third-order valence-corrected chi connectivity index (χ3v) is 4.44. The molecule has 0 fully saturated rings. The fourth-order valence-electron chi connectivity index (χ4n) is 2.81.